The summed E-state index contributed by atoms with van der Waals surface area (Å²) >= 11 is 6.26. The summed E-state index contributed by atoms with van der Waals surface area (Å²) in [5, 5.41) is 4.19. The highest BCUT2D eigenvalue weighted by Gasteiger charge is 2.51. The first-order valence-electron chi connectivity index (χ1n) is 11.6. The molecule has 2 aliphatic heterocycles. The lowest BCUT2D eigenvalue weighted by molar-refractivity contribution is -0.134. The zero-order chi connectivity index (χ0) is 22.7. The van der Waals surface area contributed by atoms with Crippen molar-refractivity contribution in [2.75, 3.05) is 19.6 Å². The fourth-order valence-electron chi connectivity index (χ4n) is 4.86. The van der Waals surface area contributed by atoms with Gasteiger partial charge in [0.1, 0.15) is 0 Å². The van der Waals surface area contributed by atoms with E-state index in [4.69, 9.17) is 11.6 Å². The zero-order valence-corrected chi connectivity index (χ0v) is 19.6. The van der Waals surface area contributed by atoms with Gasteiger partial charge in [-0.1, -0.05) is 74.3 Å². The van der Waals surface area contributed by atoms with Gasteiger partial charge in [-0.05, 0) is 30.0 Å². The summed E-state index contributed by atoms with van der Waals surface area (Å²) in [6, 6.07) is 17.1. The van der Waals surface area contributed by atoms with Crippen molar-refractivity contribution < 1.29 is 9.59 Å². The summed E-state index contributed by atoms with van der Waals surface area (Å²) in [5.41, 5.74) is 1.31. The highest BCUT2D eigenvalue weighted by Crippen LogP contribution is 2.35. The van der Waals surface area contributed by atoms with Crippen LogP contribution in [0.25, 0.3) is 0 Å². The van der Waals surface area contributed by atoms with Crippen LogP contribution in [0.15, 0.2) is 54.6 Å². The Morgan fingerprint density at radius 1 is 1.12 bits per heavy atom. The van der Waals surface area contributed by atoms with Crippen LogP contribution in [0.1, 0.15) is 49.0 Å². The van der Waals surface area contributed by atoms with E-state index in [9.17, 15) is 9.59 Å². The number of halogens is 1. The molecule has 0 aliphatic carbocycles. The number of hydrogen-bond acceptors (Lipinski definition) is 3. The number of carbonyl (C=O) groups is 2. The van der Waals surface area contributed by atoms with Crippen molar-refractivity contribution in [1.29, 1.82) is 0 Å². The van der Waals surface area contributed by atoms with E-state index in [0.717, 1.165) is 31.4 Å². The fourth-order valence-corrected chi connectivity index (χ4v) is 5.07. The minimum atomic E-state index is -0.392. The minimum Gasteiger partial charge on any atom is -0.338 e. The Hall–Kier alpha value is -2.37. The van der Waals surface area contributed by atoms with Crippen LogP contribution < -0.4 is 5.32 Å². The van der Waals surface area contributed by atoms with E-state index in [1.54, 1.807) is 12.1 Å². The maximum absolute atomic E-state index is 13.5. The highest BCUT2D eigenvalue weighted by atomic mass is 35.5. The molecule has 170 valence electrons. The average molecular weight is 454 g/mol. The van der Waals surface area contributed by atoms with Crippen LogP contribution in [-0.2, 0) is 11.2 Å². The Labute approximate surface area is 195 Å². The second-order valence-corrected chi connectivity index (χ2v) is 9.56. The second kappa shape index (κ2) is 9.63. The Bertz CT molecular complexity index is 957. The molecule has 1 spiro atoms. The van der Waals surface area contributed by atoms with Gasteiger partial charge in [-0.15, -0.1) is 0 Å². The quantitative estimate of drug-likeness (QED) is 0.706. The van der Waals surface area contributed by atoms with E-state index in [0.29, 0.717) is 36.0 Å². The Kier molecular flexibility index (Phi) is 6.87. The van der Waals surface area contributed by atoms with E-state index >= 15 is 0 Å². The fraction of sp³-hybridized carbons (Fsp3) is 0.462. The number of likely N-dealkylation sites (tertiary alicyclic amines) is 1. The molecule has 0 radical (unpaired) electrons. The van der Waals surface area contributed by atoms with Crippen LogP contribution in [-0.4, -0.2) is 53.0 Å². The largest absolute Gasteiger partial charge is 0.338 e. The lowest BCUT2D eigenvalue weighted by atomic mass is 9.94. The molecule has 0 aromatic heterocycles. The Balaban J connectivity index is 1.51. The van der Waals surface area contributed by atoms with Gasteiger partial charge in [0.15, 0.2) is 0 Å². The van der Waals surface area contributed by atoms with Crippen LogP contribution in [0, 0.1) is 5.92 Å². The third-order valence-electron chi connectivity index (χ3n) is 6.98. The summed E-state index contributed by atoms with van der Waals surface area (Å²) in [4.78, 5) is 30.5. The van der Waals surface area contributed by atoms with Gasteiger partial charge in [-0.3, -0.25) is 14.9 Å². The number of nitrogens with zero attached hydrogens (tertiary/aromatic N) is 2. The predicted molar refractivity (Wildman–Crippen MR) is 128 cm³/mol. The zero-order valence-electron chi connectivity index (χ0n) is 18.9. The first kappa shape index (κ1) is 22.8. The van der Waals surface area contributed by atoms with Crippen LogP contribution in [0.3, 0.4) is 0 Å². The number of benzene rings is 2. The standard InChI is InChI=1S/C26H32ClN3O2/c1-3-19(2)18-30-25(32)23(17-20-9-5-4-6-10-20)28-26(30)13-15-29(16-14-26)24(31)21-11-7-8-12-22(21)27/h4-12,19,23,28H,3,13-18H2,1-2H3. The van der Waals surface area contributed by atoms with Gasteiger partial charge >= 0.3 is 0 Å². The van der Waals surface area contributed by atoms with Gasteiger partial charge in [0, 0.05) is 32.5 Å². The number of nitrogens with one attached hydrogen (secondary N) is 1. The van der Waals surface area contributed by atoms with Crippen molar-refractivity contribution in [3.8, 4) is 0 Å². The molecule has 2 atom stereocenters. The molecule has 4 rings (SSSR count). The van der Waals surface area contributed by atoms with Crippen LogP contribution in [0.2, 0.25) is 5.02 Å². The molecule has 0 bridgehead atoms. The van der Waals surface area contributed by atoms with Crippen LogP contribution >= 0.6 is 11.6 Å². The number of rotatable bonds is 6. The van der Waals surface area contributed by atoms with Crippen LogP contribution in [0.4, 0.5) is 0 Å². The number of piperidine rings is 1. The van der Waals surface area contributed by atoms with E-state index in [-0.39, 0.29) is 17.9 Å². The van der Waals surface area contributed by atoms with E-state index in [2.05, 4.69) is 36.2 Å². The van der Waals surface area contributed by atoms with Crippen molar-refractivity contribution in [2.24, 2.45) is 5.92 Å². The van der Waals surface area contributed by atoms with Gasteiger partial charge in [0.05, 0.1) is 22.3 Å². The normalized spacial score (nSPS) is 21.2. The maximum atomic E-state index is 13.5. The summed E-state index contributed by atoms with van der Waals surface area (Å²) in [6.45, 7) is 6.30. The molecule has 2 aliphatic rings. The smallest absolute Gasteiger partial charge is 0.255 e. The molecule has 32 heavy (non-hydrogen) atoms. The van der Waals surface area contributed by atoms with Gasteiger partial charge in [0.2, 0.25) is 5.91 Å². The summed E-state index contributed by atoms with van der Waals surface area (Å²) in [7, 11) is 0. The molecule has 0 saturated carbocycles. The lowest BCUT2D eigenvalue weighted by Crippen LogP contribution is -2.60. The maximum Gasteiger partial charge on any atom is 0.255 e. The van der Waals surface area contributed by atoms with Crippen molar-refractivity contribution in [1.82, 2.24) is 15.1 Å². The molecular weight excluding hydrogens is 422 g/mol. The summed E-state index contributed by atoms with van der Waals surface area (Å²) in [6.07, 6.45) is 3.15. The Morgan fingerprint density at radius 3 is 2.44 bits per heavy atom. The SMILES string of the molecule is CCC(C)CN1C(=O)C(Cc2ccccc2)NC12CCN(C(=O)c1ccccc1Cl)CC2. The van der Waals surface area contributed by atoms with Crippen molar-refractivity contribution in [3.05, 3.63) is 70.7 Å². The molecule has 2 fully saturated rings. The van der Waals surface area contributed by atoms with Crippen LogP contribution in [0.5, 0.6) is 0 Å². The monoisotopic (exact) mass is 453 g/mol. The molecule has 2 aromatic carbocycles. The van der Waals surface area contributed by atoms with E-state index < -0.39 is 5.66 Å². The van der Waals surface area contributed by atoms with Gasteiger partial charge in [-0.2, -0.15) is 0 Å². The molecule has 2 amide bonds. The number of hydrogen-bond donors (Lipinski definition) is 1. The molecule has 2 aromatic rings. The van der Waals surface area contributed by atoms with Crippen molar-refractivity contribution in [3.63, 3.8) is 0 Å². The highest BCUT2D eigenvalue weighted by molar-refractivity contribution is 6.33. The third-order valence-corrected chi connectivity index (χ3v) is 7.31. The van der Waals surface area contributed by atoms with Gasteiger partial charge in [0.25, 0.3) is 5.91 Å². The number of carbonyl (C=O) groups excluding carboxylic acids is 2. The average Bonchev–Trinajstić information content (AvgIpc) is 3.05. The van der Waals surface area contributed by atoms with Crippen molar-refractivity contribution in [2.45, 2.75) is 51.2 Å². The third kappa shape index (κ3) is 4.55. The molecule has 6 heteroatoms. The number of amides is 2. The minimum absolute atomic E-state index is 0.0379. The molecule has 1 N–H and O–H groups in total. The van der Waals surface area contributed by atoms with E-state index in [1.165, 1.54) is 0 Å². The molecular formula is C26H32ClN3O2. The molecule has 2 unspecified atom stereocenters. The first-order valence-corrected chi connectivity index (χ1v) is 12.0. The molecule has 2 heterocycles. The molecule has 5 nitrogen and oxygen atoms in total. The molecule has 2 saturated heterocycles. The Morgan fingerprint density at radius 2 is 1.78 bits per heavy atom. The second-order valence-electron chi connectivity index (χ2n) is 9.15. The van der Waals surface area contributed by atoms with Gasteiger partial charge in [-0.25, -0.2) is 0 Å². The predicted octanol–water partition coefficient (Wildman–Crippen LogP) is 4.36. The summed E-state index contributed by atoms with van der Waals surface area (Å²) < 4.78 is 0. The first-order chi connectivity index (χ1) is 15.4. The topological polar surface area (TPSA) is 52.7 Å². The van der Waals surface area contributed by atoms with E-state index in [1.807, 2.05) is 35.2 Å². The lowest BCUT2D eigenvalue weighted by Gasteiger charge is -2.45. The summed E-state index contributed by atoms with van der Waals surface area (Å²) in [5.74, 6) is 0.569. The van der Waals surface area contributed by atoms with Crippen molar-refractivity contribution >= 4 is 23.4 Å². The van der Waals surface area contributed by atoms with Gasteiger partial charge < -0.3 is 9.80 Å².